The number of nitro benzene ring substituents is 1. The summed E-state index contributed by atoms with van der Waals surface area (Å²) in [5.41, 5.74) is 0.182. The van der Waals surface area contributed by atoms with Gasteiger partial charge in [-0.25, -0.2) is 0 Å². The number of aliphatic hydroxyl groups is 1. The van der Waals surface area contributed by atoms with Crippen molar-refractivity contribution < 1.29 is 24.2 Å². The van der Waals surface area contributed by atoms with Crippen LogP contribution in [0, 0.1) is 10.1 Å². The van der Waals surface area contributed by atoms with Crippen molar-refractivity contribution in [2.45, 2.75) is 19.4 Å². The van der Waals surface area contributed by atoms with Crippen LogP contribution in [0.5, 0.6) is 17.2 Å². The Hall–Kier alpha value is -2.02. The molecule has 0 amide bonds. The first-order valence-corrected chi connectivity index (χ1v) is 5.60. The largest absolute Gasteiger partial charge is 0.493 e. The van der Waals surface area contributed by atoms with Crippen molar-refractivity contribution in [2.75, 3.05) is 21.3 Å². The van der Waals surface area contributed by atoms with E-state index in [-0.39, 0.29) is 23.6 Å². The zero-order chi connectivity index (χ0) is 14.6. The Bertz CT molecular complexity index is 472. The smallest absolute Gasteiger partial charge is 0.315 e. The number of nitro groups is 1. The topological polar surface area (TPSA) is 91.1 Å². The van der Waals surface area contributed by atoms with Gasteiger partial charge in [-0.1, -0.05) is 0 Å². The van der Waals surface area contributed by atoms with E-state index in [9.17, 15) is 15.2 Å². The molecule has 0 aliphatic heterocycles. The molecule has 0 aliphatic carbocycles. The van der Waals surface area contributed by atoms with Crippen LogP contribution in [0.2, 0.25) is 0 Å². The molecule has 0 aliphatic rings. The zero-order valence-corrected chi connectivity index (χ0v) is 11.3. The standard InChI is InChI=1S/C12H17NO6/c1-7(14)5-8-11(18-3)9(13(15)16)6-10(17-2)12(8)19-4/h6-7,14H,5H2,1-4H3. The number of hydrogen-bond acceptors (Lipinski definition) is 6. The maximum atomic E-state index is 11.1. The van der Waals surface area contributed by atoms with E-state index in [1.807, 2.05) is 0 Å². The zero-order valence-electron chi connectivity index (χ0n) is 11.3. The highest BCUT2D eigenvalue weighted by atomic mass is 16.6. The lowest BCUT2D eigenvalue weighted by atomic mass is 10.0. The van der Waals surface area contributed by atoms with Crippen molar-refractivity contribution in [1.82, 2.24) is 0 Å². The molecule has 0 fully saturated rings. The number of rotatable bonds is 6. The van der Waals surface area contributed by atoms with Gasteiger partial charge in [-0.15, -0.1) is 0 Å². The van der Waals surface area contributed by atoms with Crippen molar-refractivity contribution in [3.63, 3.8) is 0 Å². The molecule has 0 aromatic heterocycles. The first-order valence-electron chi connectivity index (χ1n) is 5.60. The van der Waals surface area contributed by atoms with Crippen LogP contribution in [0.15, 0.2) is 6.07 Å². The highest BCUT2D eigenvalue weighted by Gasteiger charge is 2.27. The number of hydrogen-bond donors (Lipinski definition) is 1. The Kier molecular flexibility index (Phi) is 4.94. The van der Waals surface area contributed by atoms with Crippen LogP contribution in [-0.4, -0.2) is 37.5 Å². The van der Waals surface area contributed by atoms with E-state index >= 15 is 0 Å². The van der Waals surface area contributed by atoms with Crippen LogP contribution in [0.3, 0.4) is 0 Å². The van der Waals surface area contributed by atoms with Crippen LogP contribution >= 0.6 is 0 Å². The third-order valence-corrected chi connectivity index (χ3v) is 2.60. The predicted octanol–water partition coefficient (Wildman–Crippen LogP) is 1.54. The van der Waals surface area contributed by atoms with E-state index in [1.54, 1.807) is 6.92 Å². The highest BCUT2D eigenvalue weighted by molar-refractivity contribution is 5.64. The van der Waals surface area contributed by atoms with Gasteiger partial charge in [-0.05, 0) is 6.92 Å². The summed E-state index contributed by atoms with van der Waals surface area (Å²) < 4.78 is 15.4. The molecule has 0 heterocycles. The Morgan fingerprint density at radius 2 is 1.84 bits per heavy atom. The normalized spacial score (nSPS) is 11.8. The average Bonchev–Trinajstić information content (AvgIpc) is 2.36. The minimum absolute atomic E-state index is 0.0727. The minimum atomic E-state index is -0.700. The van der Waals surface area contributed by atoms with Gasteiger partial charge < -0.3 is 19.3 Å². The number of benzene rings is 1. The van der Waals surface area contributed by atoms with E-state index in [0.717, 1.165) is 0 Å². The number of ether oxygens (including phenoxy) is 3. The lowest BCUT2D eigenvalue weighted by molar-refractivity contribution is -0.385. The molecule has 19 heavy (non-hydrogen) atoms. The van der Waals surface area contributed by atoms with Gasteiger partial charge in [0.25, 0.3) is 0 Å². The van der Waals surface area contributed by atoms with Gasteiger partial charge in [-0.2, -0.15) is 0 Å². The SMILES string of the molecule is COc1cc([N+](=O)[O-])c(OC)c(CC(C)O)c1OC. The van der Waals surface area contributed by atoms with E-state index < -0.39 is 11.0 Å². The van der Waals surface area contributed by atoms with Crippen molar-refractivity contribution in [3.8, 4) is 17.2 Å². The molecule has 0 radical (unpaired) electrons. The monoisotopic (exact) mass is 271 g/mol. The third kappa shape index (κ3) is 3.05. The van der Waals surface area contributed by atoms with Crippen LogP contribution in [0.1, 0.15) is 12.5 Å². The summed E-state index contributed by atoms with van der Waals surface area (Å²) in [5, 5.41) is 20.6. The van der Waals surface area contributed by atoms with Gasteiger partial charge in [0.15, 0.2) is 11.5 Å². The van der Waals surface area contributed by atoms with Crippen molar-refractivity contribution >= 4 is 5.69 Å². The number of nitrogens with zero attached hydrogens (tertiary/aromatic N) is 1. The van der Waals surface area contributed by atoms with Crippen LogP contribution in [0.25, 0.3) is 0 Å². The van der Waals surface area contributed by atoms with Crippen molar-refractivity contribution in [3.05, 3.63) is 21.7 Å². The summed E-state index contributed by atoms with van der Waals surface area (Å²) in [5.74, 6) is 0.625. The Balaban J connectivity index is 3.59. The van der Waals surface area contributed by atoms with Gasteiger partial charge in [-0.3, -0.25) is 10.1 Å². The number of aliphatic hydroxyl groups excluding tert-OH is 1. The maximum Gasteiger partial charge on any atom is 0.315 e. The molecular formula is C12H17NO6. The first kappa shape index (κ1) is 15.0. The van der Waals surface area contributed by atoms with E-state index in [2.05, 4.69) is 0 Å². The second-order valence-electron chi connectivity index (χ2n) is 3.95. The highest BCUT2D eigenvalue weighted by Crippen LogP contribution is 2.44. The molecule has 1 atom stereocenters. The van der Waals surface area contributed by atoms with Crippen molar-refractivity contribution in [2.24, 2.45) is 0 Å². The Labute approximate surface area is 110 Å². The molecule has 106 valence electrons. The second-order valence-corrected chi connectivity index (χ2v) is 3.95. The molecule has 1 aromatic rings. The second kappa shape index (κ2) is 6.24. The summed E-state index contributed by atoms with van der Waals surface area (Å²) in [6, 6.07) is 1.24. The molecule has 1 rings (SSSR count). The molecule has 1 unspecified atom stereocenters. The summed E-state index contributed by atoms with van der Waals surface area (Å²) >= 11 is 0. The Morgan fingerprint density at radius 3 is 2.21 bits per heavy atom. The predicted molar refractivity (Wildman–Crippen MR) is 68.1 cm³/mol. The average molecular weight is 271 g/mol. The lowest BCUT2D eigenvalue weighted by Gasteiger charge is -2.17. The molecule has 0 bridgehead atoms. The molecule has 1 N–H and O–H groups in total. The molecule has 7 heteroatoms. The summed E-state index contributed by atoms with van der Waals surface area (Å²) in [6.45, 7) is 1.57. The molecule has 1 aromatic carbocycles. The van der Waals surface area contributed by atoms with Gasteiger partial charge in [0, 0.05) is 12.0 Å². The fourth-order valence-corrected chi connectivity index (χ4v) is 1.88. The fourth-order valence-electron chi connectivity index (χ4n) is 1.88. The van der Waals surface area contributed by atoms with Crippen LogP contribution < -0.4 is 14.2 Å². The molecule has 0 saturated carbocycles. The molecule has 0 saturated heterocycles. The molecule has 7 nitrogen and oxygen atoms in total. The summed E-state index contributed by atoms with van der Waals surface area (Å²) in [7, 11) is 4.15. The van der Waals surface area contributed by atoms with Crippen LogP contribution in [0.4, 0.5) is 5.69 Å². The van der Waals surface area contributed by atoms with Crippen LogP contribution in [-0.2, 0) is 6.42 Å². The summed E-state index contributed by atoms with van der Waals surface area (Å²) in [4.78, 5) is 10.5. The van der Waals surface area contributed by atoms with Gasteiger partial charge >= 0.3 is 5.69 Å². The lowest BCUT2D eigenvalue weighted by Crippen LogP contribution is -2.10. The van der Waals surface area contributed by atoms with E-state index in [1.165, 1.54) is 27.4 Å². The minimum Gasteiger partial charge on any atom is -0.493 e. The molecule has 0 spiro atoms. The maximum absolute atomic E-state index is 11.1. The summed E-state index contributed by atoms with van der Waals surface area (Å²) in [6.07, 6.45) is -0.542. The van der Waals surface area contributed by atoms with E-state index in [4.69, 9.17) is 14.2 Å². The molecular weight excluding hydrogens is 254 g/mol. The fraction of sp³-hybridized carbons (Fsp3) is 0.500. The Morgan fingerprint density at radius 1 is 1.26 bits per heavy atom. The van der Waals surface area contributed by atoms with Gasteiger partial charge in [0.2, 0.25) is 5.75 Å². The quantitative estimate of drug-likeness (QED) is 0.623. The third-order valence-electron chi connectivity index (χ3n) is 2.60. The van der Waals surface area contributed by atoms with Crippen molar-refractivity contribution in [1.29, 1.82) is 0 Å². The van der Waals surface area contributed by atoms with Gasteiger partial charge in [0.05, 0.1) is 38.4 Å². The van der Waals surface area contributed by atoms with Gasteiger partial charge in [0.1, 0.15) is 0 Å². The number of methoxy groups -OCH3 is 3. The first-order chi connectivity index (χ1) is 8.96. The van der Waals surface area contributed by atoms with E-state index in [0.29, 0.717) is 11.3 Å².